The number of nitrogens with one attached hydrogen (secondary N) is 1. The van der Waals surface area contributed by atoms with Crippen LogP contribution in [0.2, 0.25) is 0 Å². The fraction of sp³-hybridized carbons (Fsp3) is 0.600. The Labute approximate surface area is 106 Å². The molecule has 0 aliphatic carbocycles. The summed E-state index contributed by atoms with van der Waals surface area (Å²) in [5.74, 6) is 0. The van der Waals surface area contributed by atoms with E-state index in [-0.39, 0.29) is 4.21 Å². The van der Waals surface area contributed by atoms with Gasteiger partial charge in [0.2, 0.25) is 0 Å². The number of nitriles is 1. The average Bonchev–Trinajstić information content (AvgIpc) is 2.74. The number of hydrogen-bond donors (Lipinski definition) is 1. The van der Waals surface area contributed by atoms with Crippen molar-refractivity contribution in [3.05, 3.63) is 11.2 Å². The van der Waals surface area contributed by atoms with Crippen LogP contribution in [0.1, 0.15) is 31.7 Å². The molecule has 1 aromatic heterocycles. The van der Waals surface area contributed by atoms with Gasteiger partial charge < -0.3 is 0 Å². The molecule has 0 spiro atoms. The van der Waals surface area contributed by atoms with E-state index in [1.165, 1.54) is 6.20 Å². The van der Waals surface area contributed by atoms with Crippen molar-refractivity contribution in [2.75, 3.05) is 0 Å². The smallest absolute Gasteiger partial charge is 0.249 e. The van der Waals surface area contributed by atoms with Gasteiger partial charge in [0.05, 0.1) is 17.3 Å². The lowest BCUT2D eigenvalue weighted by Crippen LogP contribution is -2.46. The summed E-state index contributed by atoms with van der Waals surface area (Å²) in [5, 5.41) is 9.78. The van der Waals surface area contributed by atoms with Crippen LogP contribution in [0.25, 0.3) is 0 Å². The fourth-order valence-corrected chi connectivity index (χ4v) is 3.92. The normalized spacial score (nSPS) is 12.4. The molecule has 1 aromatic rings. The molecular weight excluding hydrogens is 258 g/mol. The van der Waals surface area contributed by atoms with Crippen molar-refractivity contribution in [2.24, 2.45) is 0 Å². The highest BCUT2D eigenvalue weighted by Crippen LogP contribution is 2.22. The van der Waals surface area contributed by atoms with Crippen LogP contribution in [0.3, 0.4) is 0 Å². The van der Waals surface area contributed by atoms with Crippen molar-refractivity contribution < 1.29 is 8.42 Å². The number of rotatable bonds is 5. The molecule has 0 saturated heterocycles. The molecule has 1 N–H and O–H groups in total. The van der Waals surface area contributed by atoms with Crippen LogP contribution in [0, 0.1) is 18.3 Å². The Morgan fingerprint density at radius 2 is 2.12 bits per heavy atom. The number of sulfonamides is 1. The first-order chi connectivity index (χ1) is 7.89. The van der Waals surface area contributed by atoms with Crippen molar-refractivity contribution in [1.29, 1.82) is 5.26 Å². The highest BCUT2D eigenvalue weighted by Gasteiger charge is 2.32. The largest absolute Gasteiger partial charge is 0.253 e. The number of aryl methyl sites for hydroxylation is 1. The number of thiazole rings is 1. The van der Waals surface area contributed by atoms with Gasteiger partial charge in [-0.2, -0.15) is 9.98 Å². The second-order valence-corrected chi connectivity index (χ2v) is 6.85. The van der Waals surface area contributed by atoms with Gasteiger partial charge in [0.25, 0.3) is 10.0 Å². The summed E-state index contributed by atoms with van der Waals surface area (Å²) in [7, 11) is -3.65. The molecule has 0 aliphatic rings. The maximum atomic E-state index is 12.0. The average molecular weight is 273 g/mol. The molecule has 0 aliphatic heterocycles. The Bertz CT molecular complexity index is 524. The Morgan fingerprint density at radius 3 is 2.47 bits per heavy atom. The van der Waals surface area contributed by atoms with E-state index in [0.29, 0.717) is 17.8 Å². The number of nitrogens with zero attached hydrogens (tertiary/aromatic N) is 2. The maximum absolute atomic E-state index is 12.0. The van der Waals surface area contributed by atoms with E-state index in [4.69, 9.17) is 5.26 Å². The zero-order chi connectivity index (χ0) is 13.1. The van der Waals surface area contributed by atoms with Crippen LogP contribution in [0.15, 0.2) is 10.4 Å². The van der Waals surface area contributed by atoms with Gasteiger partial charge >= 0.3 is 0 Å². The Kier molecular flexibility index (Phi) is 4.25. The molecule has 0 atom stereocenters. The molecule has 0 radical (unpaired) electrons. The first-order valence-corrected chi connectivity index (χ1v) is 7.56. The predicted octanol–water partition coefficient (Wildman–Crippen LogP) is 1.81. The summed E-state index contributed by atoms with van der Waals surface area (Å²) in [5.41, 5.74) is -1.03. The highest BCUT2D eigenvalue weighted by molar-refractivity contribution is 7.91. The van der Waals surface area contributed by atoms with E-state index >= 15 is 0 Å². The zero-order valence-electron chi connectivity index (χ0n) is 10.0. The van der Waals surface area contributed by atoms with Crippen LogP contribution in [-0.2, 0) is 10.0 Å². The van der Waals surface area contributed by atoms with E-state index in [0.717, 1.165) is 11.3 Å². The van der Waals surface area contributed by atoms with Gasteiger partial charge in [0.15, 0.2) is 4.21 Å². The highest BCUT2D eigenvalue weighted by atomic mass is 32.2. The molecular formula is C10H15N3O2S2. The van der Waals surface area contributed by atoms with Gasteiger partial charge in [0, 0.05) is 0 Å². The predicted molar refractivity (Wildman–Crippen MR) is 66.1 cm³/mol. The van der Waals surface area contributed by atoms with Gasteiger partial charge in [-0.25, -0.2) is 13.4 Å². The minimum atomic E-state index is -3.65. The molecule has 1 rings (SSSR count). The summed E-state index contributed by atoms with van der Waals surface area (Å²) in [4.78, 5) is 3.91. The van der Waals surface area contributed by atoms with Crippen molar-refractivity contribution in [3.63, 3.8) is 0 Å². The third-order valence-electron chi connectivity index (χ3n) is 2.62. The summed E-state index contributed by atoms with van der Waals surface area (Å²) >= 11 is 1.10. The van der Waals surface area contributed by atoms with E-state index in [9.17, 15) is 8.42 Å². The quantitative estimate of drug-likeness (QED) is 0.887. The fourth-order valence-electron chi connectivity index (χ4n) is 1.35. The molecule has 7 heteroatoms. The van der Waals surface area contributed by atoms with Gasteiger partial charge in [-0.15, -0.1) is 11.3 Å². The number of hydrogen-bond acceptors (Lipinski definition) is 5. The summed E-state index contributed by atoms with van der Waals surface area (Å²) in [6, 6.07) is 2.04. The lowest BCUT2D eigenvalue weighted by molar-refractivity contribution is 0.447. The number of aromatic nitrogens is 1. The van der Waals surface area contributed by atoms with Crippen LogP contribution in [0.5, 0.6) is 0 Å². The van der Waals surface area contributed by atoms with Crippen LogP contribution in [0.4, 0.5) is 0 Å². The monoisotopic (exact) mass is 273 g/mol. The Hall–Kier alpha value is -0.970. The van der Waals surface area contributed by atoms with Gasteiger partial charge in [0.1, 0.15) is 5.54 Å². The Morgan fingerprint density at radius 1 is 1.53 bits per heavy atom. The molecule has 0 fully saturated rings. The maximum Gasteiger partial charge on any atom is 0.253 e. The first-order valence-electron chi connectivity index (χ1n) is 5.27. The standard InChI is InChI=1S/C10H15N3O2S2/c1-4-10(5-2,7-11)13-17(14,15)9-6-12-8(3)16-9/h6,13H,4-5H2,1-3H3. The third kappa shape index (κ3) is 3.03. The minimum Gasteiger partial charge on any atom is -0.249 e. The van der Waals surface area contributed by atoms with E-state index in [2.05, 4.69) is 9.71 Å². The van der Waals surface area contributed by atoms with Crippen LogP contribution in [-0.4, -0.2) is 18.9 Å². The first kappa shape index (κ1) is 14.1. The second-order valence-electron chi connectivity index (χ2n) is 3.70. The minimum absolute atomic E-state index is 0.150. The molecule has 17 heavy (non-hydrogen) atoms. The second kappa shape index (κ2) is 5.12. The van der Waals surface area contributed by atoms with E-state index in [1.54, 1.807) is 20.8 Å². The lowest BCUT2D eigenvalue weighted by atomic mass is 9.97. The molecule has 0 aromatic carbocycles. The van der Waals surface area contributed by atoms with Crippen LogP contribution < -0.4 is 4.72 Å². The van der Waals surface area contributed by atoms with Crippen molar-refractivity contribution >= 4 is 21.4 Å². The molecule has 1 heterocycles. The van der Waals surface area contributed by atoms with E-state index in [1.807, 2.05) is 6.07 Å². The van der Waals surface area contributed by atoms with Gasteiger partial charge in [-0.1, -0.05) is 13.8 Å². The molecule has 94 valence electrons. The molecule has 0 saturated carbocycles. The molecule has 0 bridgehead atoms. The van der Waals surface area contributed by atoms with Crippen molar-refractivity contribution in [2.45, 2.75) is 43.4 Å². The van der Waals surface area contributed by atoms with Gasteiger partial charge in [-0.05, 0) is 19.8 Å². The summed E-state index contributed by atoms with van der Waals surface area (Å²) in [6.07, 6.45) is 2.17. The third-order valence-corrected chi connectivity index (χ3v) is 5.53. The topological polar surface area (TPSA) is 82.9 Å². The van der Waals surface area contributed by atoms with E-state index < -0.39 is 15.6 Å². The lowest BCUT2D eigenvalue weighted by Gasteiger charge is -2.23. The molecule has 0 amide bonds. The van der Waals surface area contributed by atoms with Gasteiger partial charge in [-0.3, -0.25) is 0 Å². The summed E-state index contributed by atoms with van der Waals surface area (Å²) in [6.45, 7) is 5.31. The molecule has 5 nitrogen and oxygen atoms in total. The van der Waals surface area contributed by atoms with Crippen molar-refractivity contribution in [1.82, 2.24) is 9.71 Å². The summed E-state index contributed by atoms with van der Waals surface area (Å²) < 4.78 is 26.7. The van der Waals surface area contributed by atoms with Crippen molar-refractivity contribution in [3.8, 4) is 6.07 Å². The zero-order valence-corrected chi connectivity index (χ0v) is 11.7. The molecule has 0 unspecified atom stereocenters. The SMILES string of the molecule is CCC(C#N)(CC)NS(=O)(=O)c1cnc(C)s1. The Balaban J connectivity index is 3.06. The van der Waals surface area contributed by atoms with Crippen LogP contribution >= 0.6 is 11.3 Å².